The zero-order valence-corrected chi connectivity index (χ0v) is 15.0. The van der Waals surface area contributed by atoms with Crippen molar-refractivity contribution in [3.8, 4) is 5.75 Å². The molecule has 0 heterocycles. The number of halogens is 3. The van der Waals surface area contributed by atoms with Crippen molar-refractivity contribution in [2.75, 3.05) is 17.7 Å². The fraction of sp³-hybridized carbons (Fsp3) is 0.316. The van der Waals surface area contributed by atoms with Gasteiger partial charge in [0.1, 0.15) is 5.75 Å². The highest BCUT2D eigenvalue weighted by molar-refractivity contribution is 6.01. The molecule has 0 aliphatic carbocycles. The number of hydrogen-bond acceptors (Lipinski definition) is 2. The quantitative estimate of drug-likeness (QED) is 0.737. The van der Waals surface area contributed by atoms with E-state index in [1.165, 1.54) is 25.3 Å². The number of rotatable bonds is 3. The van der Waals surface area contributed by atoms with Crippen LogP contribution in [0.15, 0.2) is 42.5 Å². The van der Waals surface area contributed by atoms with Crippen LogP contribution in [0, 0.1) is 0 Å². The molecule has 4 nitrogen and oxygen atoms in total. The molecular formula is C19H21F3N2O2. The van der Waals surface area contributed by atoms with Gasteiger partial charge in [-0.25, -0.2) is 4.79 Å². The van der Waals surface area contributed by atoms with E-state index in [2.05, 4.69) is 10.6 Å². The Hall–Kier alpha value is -2.70. The van der Waals surface area contributed by atoms with Crippen molar-refractivity contribution in [2.24, 2.45) is 0 Å². The highest BCUT2D eigenvalue weighted by atomic mass is 19.4. The van der Waals surface area contributed by atoms with Gasteiger partial charge in [-0.3, -0.25) is 0 Å². The zero-order chi connectivity index (χ0) is 19.5. The highest BCUT2D eigenvalue weighted by Gasteiger charge is 2.33. The van der Waals surface area contributed by atoms with Gasteiger partial charge in [0.05, 0.1) is 24.0 Å². The predicted molar refractivity (Wildman–Crippen MR) is 95.8 cm³/mol. The minimum atomic E-state index is -4.56. The van der Waals surface area contributed by atoms with Crippen molar-refractivity contribution in [1.82, 2.24) is 0 Å². The maximum absolute atomic E-state index is 13.0. The van der Waals surface area contributed by atoms with E-state index in [1.807, 2.05) is 26.8 Å². The fourth-order valence-electron chi connectivity index (χ4n) is 2.39. The molecule has 0 aromatic heterocycles. The number of urea groups is 1. The number of alkyl halides is 3. The number of para-hydroxylation sites is 1. The molecule has 2 amide bonds. The maximum atomic E-state index is 13.0. The van der Waals surface area contributed by atoms with Crippen molar-refractivity contribution in [1.29, 1.82) is 0 Å². The molecule has 0 aliphatic heterocycles. The Bertz CT molecular complexity index is 796. The first-order chi connectivity index (χ1) is 12.0. The zero-order valence-electron chi connectivity index (χ0n) is 15.0. The summed E-state index contributed by atoms with van der Waals surface area (Å²) in [5.74, 6) is 0.414. The lowest BCUT2D eigenvalue weighted by Gasteiger charge is -2.21. The van der Waals surface area contributed by atoms with E-state index < -0.39 is 17.8 Å². The Labute approximate surface area is 150 Å². The Kier molecular flexibility index (Phi) is 5.49. The number of amides is 2. The second-order valence-corrected chi connectivity index (χ2v) is 6.79. The van der Waals surface area contributed by atoms with Gasteiger partial charge in [-0.1, -0.05) is 39.0 Å². The van der Waals surface area contributed by atoms with Crippen molar-refractivity contribution in [2.45, 2.75) is 32.4 Å². The van der Waals surface area contributed by atoms with Gasteiger partial charge in [-0.15, -0.1) is 0 Å². The van der Waals surface area contributed by atoms with Gasteiger partial charge in [0.15, 0.2) is 0 Å². The van der Waals surface area contributed by atoms with E-state index in [0.29, 0.717) is 11.4 Å². The molecule has 0 fully saturated rings. The normalized spacial score (nSPS) is 11.8. The van der Waals surface area contributed by atoms with Crippen molar-refractivity contribution in [3.63, 3.8) is 0 Å². The van der Waals surface area contributed by atoms with E-state index in [9.17, 15) is 18.0 Å². The molecular weight excluding hydrogens is 345 g/mol. The smallest absolute Gasteiger partial charge is 0.418 e. The molecule has 7 heteroatoms. The molecule has 0 spiro atoms. The highest BCUT2D eigenvalue weighted by Crippen LogP contribution is 2.35. The summed E-state index contributed by atoms with van der Waals surface area (Å²) < 4.78 is 44.3. The van der Waals surface area contributed by atoms with Crippen molar-refractivity contribution in [3.05, 3.63) is 53.6 Å². The second kappa shape index (κ2) is 7.27. The third-order valence-electron chi connectivity index (χ3n) is 3.79. The molecule has 0 atom stereocenters. The number of anilines is 2. The van der Waals surface area contributed by atoms with Gasteiger partial charge >= 0.3 is 12.2 Å². The van der Waals surface area contributed by atoms with Gasteiger partial charge in [0.2, 0.25) is 0 Å². The third-order valence-corrected chi connectivity index (χ3v) is 3.79. The molecule has 2 rings (SSSR count). The third kappa shape index (κ3) is 4.68. The number of nitrogens with one attached hydrogen (secondary N) is 2. The average Bonchev–Trinajstić information content (AvgIpc) is 2.53. The van der Waals surface area contributed by atoms with Crippen LogP contribution in [0.4, 0.5) is 29.3 Å². The van der Waals surface area contributed by atoms with E-state index in [1.54, 1.807) is 12.1 Å². The lowest BCUT2D eigenvalue weighted by atomic mass is 9.87. The monoisotopic (exact) mass is 366 g/mol. The first-order valence-corrected chi connectivity index (χ1v) is 7.95. The van der Waals surface area contributed by atoms with Gasteiger partial charge in [0.25, 0.3) is 0 Å². The van der Waals surface area contributed by atoms with Crippen molar-refractivity contribution < 1.29 is 22.7 Å². The lowest BCUT2D eigenvalue weighted by Crippen LogP contribution is -2.22. The summed E-state index contributed by atoms with van der Waals surface area (Å²) in [5.41, 5.74) is -0.0672. The number of ether oxygens (including phenoxy) is 1. The number of methoxy groups -OCH3 is 1. The minimum absolute atomic E-state index is 0.165. The molecule has 0 unspecified atom stereocenters. The molecule has 26 heavy (non-hydrogen) atoms. The lowest BCUT2D eigenvalue weighted by molar-refractivity contribution is -0.136. The van der Waals surface area contributed by atoms with E-state index >= 15 is 0 Å². The first-order valence-electron chi connectivity index (χ1n) is 7.95. The summed E-state index contributed by atoms with van der Waals surface area (Å²) >= 11 is 0. The van der Waals surface area contributed by atoms with Crippen LogP contribution < -0.4 is 15.4 Å². The van der Waals surface area contributed by atoms with Crippen molar-refractivity contribution >= 4 is 17.4 Å². The van der Waals surface area contributed by atoms with E-state index in [-0.39, 0.29) is 11.1 Å². The predicted octanol–water partition coefficient (Wildman–Crippen LogP) is 5.66. The first kappa shape index (κ1) is 19.6. The average molecular weight is 366 g/mol. The Balaban J connectivity index is 2.26. The van der Waals surface area contributed by atoms with Crippen LogP contribution in [0.3, 0.4) is 0 Å². The number of benzene rings is 2. The summed E-state index contributed by atoms with van der Waals surface area (Å²) in [6, 6.07) is 9.34. The molecule has 140 valence electrons. The summed E-state index contributed by atoms with van der Waals surface area (Å²) in [4.78, 5) is 12.2. The van der Waals surface area contributed by atoms with Crippen LogP contribution in [0.5, 0.6) is 5.75 Å². The molecule has 0 bridgehead atoms. The van der Waals surface area contributed by atoms with Crippen LogP contribution in [0.2, 0.25) is 0 Å². The molecule has 2 aromatic carbocycles. The Morgan fingerprint density at radius 1 is 0.962 bits per heavy atom. The van der Waals surface area contributed by atoms with Crippen LogP contribution in [0.25, 0.3) is 0 Å². The van der Waals surface area contributed by atoms with Gasteiger partial charge < -0.3 is 15.4 Å². The van der Waals surface area contributed by atoms with Gasteiger partial charge in [-0.05, 0) is 35.2 Å². The molecule has 0 aliphatic rings. The van der Waals surface area contributed by atoms with Crippen LogP contribution in [-0.2, 0) is 11.6 Å². The summed E-state index contributed by atoms with van der Waals surface area (Å²) in [6.45, 7) is 6.04. The Morgan fingerprint density at radius 2 is 1.58 bits per heavy atom. The number of hydrogen-bond donors (Lipinski definition) is 2. The second-order valence-electron chi connectivity index (χ2n) is 6.79. The number of carbonyl (C=O) groups excluding carboxylic acids is 1. The maximum Gasteiger partial charge on any atom is 0.418 e. The molecule has 0 saturated heterocycles. The largest absolute Gasteiger partial charge is 0.495 e. The SMILES string of the molecule is COc1ccc(C(C)(C)C)cc1NC(=O)Nc1ccccc1C(F)(F)F. The van der Waals surface area contributed by atoms with Gasteiger partial charge in [0, 0.05) is 0 Å². The fourth-order valence-corrected chi connectivity index (χ4v) is 2.39. The molecule has 2 N–H and O–H groups in total. The van der Waals surface area contributed by atoms with Crippen LogP contribution in [-0.4, -0.2) is 13.1 Å². The standard InChI is InChI=1S/C19H21F3N2O2/c1-18(2,3)12-9-10-16(26-4)15(11-12)24-17(25)23-14-8-6-5-7-13(14)19(20,21)22/h5-11H,1-4H3,(H2,23,24,25). The molecule has 0 saturated carbocycles. The van der Waals surface area contributed by atoms with Crippen LogP contribution >= 0.6 is 0 Å². The Morgan fingerprint density at radius 3 is 2.15 bits per heavy atom. The summed E-state index contributed by atoms with van der Waals surface area (Å²) in [5, 5.41) is 4.81. The summed E-state index contributed by atoms with van der Waals surface area (Å²) in [6.07, 6.45) is -4.56. The molecule has 2 aromatic rings. The topological polar surface area (TPSA) is 50.4 Å². The van der Waals surface area contributed by atoms with E-state index in [4.69, 9.17) is 4.74 Å². The van der Waals surface area contributed by atoms with Crippen LogP contribution in [0.1, 0.15) is 31.9 Å². The number of carbonyl (C=O) groups is 1. The molecule has 0 radical (unpaired) electrons. The van der Waals surface area contributed by atoms with E-state index in [0.717, 1.165) is 11.6 Å². The summed E-state index contributed by atoms with van der Waals surface area (Å²) in [7, 11) is 1.45. The van der Waals surface area contributed by atoms with Gasteiger partial charge in [-0.2, -0.15) is 13.2 Å². The minimum Gasteiger partial charge on any atom is -0.495 e.